The highest BCUT2D eigenvalue weighted by atomic mass is 16.1. The Morgan fingerprint density at radius 3 is 2.58 bits per heavy atom. The van der Waals surface area contributed by atoms with Crippen molar-refractivity contribution in [2.24, 2.45) is 0 Å². The second-order valence-corrected chi connectivity index (χ2v) is 4.10. The molecule has 0 aliphatic carbocycles. The molecular weight excluding hydrogens is 236 g/mol. The fourth-order valence-electron chi connectivity index (χ4n) is 1.41. The highest BCUT2D eigenvalue weighted by molar-refractivity contribution is 5.96. The van der Waals surface area contributed by atoms with E-state index in [4.69, 9.17) is 0 Å². The monoisotopic (exact) mass is 252 g/mol. The molecule has 2 heteroatoms. The Labute approximate surface area is 113 Å². The van der Waals surface area contributed by atoms with Crippen LogP contribution in [0.1, 0.15) is 29.3 Å². The Bertz CT molecular complexity index is 551. The number of rotatable bonds is 5. The van der Waals surface area contributed by atoms with Gasteiger partial charge in [0.05, 0.1) is 0 Å². The minimum absolute atomic E-state index is 0.0340. The van der Waals surface area contributed by atoms with Crippen LogP contribution in [0.3, 0.4) is 0 Å². The lowest BCUT2D eigenvalue weighted by molar-refractivity contribution is -0.114. The van der Waals surface area contributed by atoms with Crippen molar-refractivity contribution in [1.82, 2.24) is 0 Å². The van der Waals surface area contributed by atoms with Crippen LogP contribution in [-0.4, -0.2) is 12.1 Å². The van der Waals surface area contributed by atoms with Crippen LogP contribution in [0.5, 0.6) is 0 Å². The first-order valence-corrected chi connectivity index (χ1v) is 6.00. The van der Waals surface area contributed by atoms with Crippen LogP contribution in [0, 0.1) is 11.8 Å². The first-order chi connectivity index (χ1) is 9.17. The van der Waals surface area contributed by atoms with Crippen molar-refractivity contribution >= 4 is 12.1 Å². The number of carbonyl (C=O) groups excluding carboxylic acids is 2. The molecule has 1 aromatic carbocycles. The van der Waals surface area contributed by atoms with Crippen molar-refractivity contribution in [3.05, 3.63) is 59.7 Å². The van der Waals surface area contributed by atoms with Gasteiger partial charge in [0.15, 0.2) is 5.78 Å². The predicted octanol–water partition coefficient (Wildman–Crippen LogP) is 3.14. The molecule has 0 atom stereocenters. The Balaban J connectivity index is 2.65. The first kappa shape index (κ1) is 14.7. The van der Waals surface area contributed by atoms with Gasteiger partial charge in [0.1, 0.15) is 6.29 Å². The molecule has 0 N–H and O–H groups in total. The highest BCUT2D eigenvalue weighted by Gasteiger charge is 2.05. The van der Waals surface area contributed by atoms with Gasteiger partial charge in [-0.2, -0.15) is 0 Å². The smallest absolute Gasteiger partial charge is 0.163 e. The normalized spacial score (nSPS) is 10.3. The quantitative estimate of drug-likeness (QED) is 0.349. The molecule has 0 amide bonds. The Morgan fingerprint density at radius 2 is 2.00 bits per heavy atom. The van der Waals surface area contributed by atoms with E-state index >= 15 is 0 Å². The minimum Gasteiger partial charge on any atom is -0.298 e. The van der Waals surface area contributed by atoms with E-state index in [0.717, 1.165) is 11.8 Å². The van der Waals surface area contributed by atoms with Gasteiger partial charge in [0, 0.05) is 24.0 Å². The van der Waals surface area contributed by atoms with Crippen molar-refractivity contribution in [3.63, 3.8) is 0 Å². The summed E-state index contributed by atoms with van der Waals surface area (Å²) in [5.41, 5.74) is 2.14. The molecule has 96 valence electrons. The average molecular weight is 252 g/mol. The van der Waals surface area contributed by atoms with Crippen LogP contribution in [0.2, 0.25) is 0 Å². The maximum Gasteiger partial charge on any atom is 0.163 e. The number of hydrogen-bond donors (Lipinski definition) is 0. The Morgan fingerprint density at radius 1 is 1.32 bits per heavy atom. The molecule has 0 aliphatic rings. The molecule has 0 bridgehead atoms. The molecule has 0 saturated heterocycles. The van der Waals surface area contributed by atoms with Crippen molar-refractivity contribution in [2.45, 2.75) is 19.8 Å². The largest absolute Gasteiger partial charge is 0.298 e. The van der Waals surface area contributed by atoms with Crippen LogP contribution >= 0.6 is 0 Å². The first-order valence-electron chi connectivity index (χ1n) is 6.00. The van der Waals surface area contributed by atoms with Gasteiger partial charge in [0.25, 0.3) is 0 Å². The van der Waals surface area contributed by atoms with Crippen molar-refractivity contribution in [3.8, 4) is 11.8 Å². The summed E-state index contributed by atoms with van der Waals surface area (Å²) in [6.45, 7) is 5.32. The highest BCUT2D eigenvalue weighted by Crippen LogP contribution is 2.07. The standard InChI is InChI=1S/C17H16O2/c1-3-4-5-6-7-14(2)17(19)12-15-8-10-16(13-18)11-9-15/h3,7-11,13H,1,4,12H2,2H3/b14-7+. The number of hydrogen-bond acceptors (Lipinski definition) is 2. The molecule has 1 aromatic rings. The molecule has 19 heavy (non-hydrogen) atoms. The molecule has 2 nitrogen and oxygen atoms in total. The molecule has 1 rings (SSSR count). The third-order valence-electron chi connectivity index (χ3n) is 2.56. The number of aldehydes is 1. The van der Waals surface area contributed by atoms with E-state index in [1.54, 1.807) is 43.3 Å². The van der Waals surface area contributed by atoms with E-state index in [-0.39, 0.29) is 5.78 Å². The zero-order valence-electron chi connectivity index (χ0n) is 11.0. The van der Waals surface area contributed by atoms with Gasteiger partial charge in [-0.15, -0.1) is 6.58 Å². The summed E-state index contributed by atoms with van der Waals surface area (Å²) >= 11 is 0. The van der Waals surface area contributed by atoms with Crippen molar-refractivity contribution in [1.29, 1.82) is 0 Å². The number of benzene rings is 1. The SMILES string of the molecule is C=CCC#C/C=C(\C)C(=O)Cc1ccc(C=O)cc1. The van der Waals surface area contributed by atoms with E-state index in [1.165, 1.54) is 0 Å². The van der Waals surface area contributed by atoms with Crippen molar-refractivity contribution in [2.75, 3.05) is 0 Å². The summed E-state index contributed by atoms with van der Waals surface area (Å²) in [4.78, 5) is 22.4. The van der Waals surface area contributed by atoms with Crippen LogP contribution in [-0.2, 0) is 11.2 Å². The number of Topliss-reactive ketones (excluding diaryl/α,β-unsaturated/α-hetero) is 1. The number of allylic oxidation sites excluding steroid dienone is 3. The van der Waals surface area contributed by atoms with E-state index in [9.17, 15) is 9.59 Å². The van der Waals surface area contributed by atoms with Crippen LogP contribution < -0.4 is 0 Å². The van der Waals surface area contributed by atoms with Gasteiger partial charge in [-0.05, 0) is 18.6 Å². The van der Waals surface area contributed by atoms with Gasteiger partial charge in [-0.1, -0.05) is 42.2 Å². The molecule has 0 unspecified atom stereocenters. The third kappa shape index (κ3) is 5.18. The number of carbonyl (C=O) groups is 2. The summed E-state index contributed by atoms with van der Waals surface area (Å²) in [5, 5.41) is 0. The zero-order chi connectivity index (χ0) is 14.1. The molecule has 0 radical (unpaired) electrons. The minimum atomic E-state index is 0.0340. The number of ketones is 1. The second kappa shape index (κ2) is 7.84. The topological polar surface area (TPSA) is 34.1 Å². The lowest BCUT2D eigenvalue weighted by Crippen LogP contribution is -2.04. The maximum atomic E-state index is 11.9. The Kier molecular flexibility index (Phi) is 6.05. The van der Waals surface area contributed by atoms with Gasteiger partial charge in [-0.25, -0.2) is 0 Å². The second-order valence-electron chi connectivity index (χ2n) is 4.10. The van der Waals surface area contributed by atoms with E-state index in [0.29, 0.717) is 24.0 Å². The predicted molar refractivity (Wildman–Crippen MR) is 76.9 cm³/mol. The van der Waals surface area contributed by atoms with E-state index < -0.39 is 0 Å². The lowest BCUT2D eigenvalue weighted by Gasteiger charge is -2.01. The van der Waals surface area contributed by atoms with Gasteiger partial charge < -0.3 is 0 Å². The van der Waals surface area contributed by atoms with Crippen molar-refractivity contribution < 1.29 is 9.59 Å². The van der Waals surface area contributed by atoms with Gasteiger partial charge in [-0.3, -0.25) is 9.59 Å². The molecule has 0 heterocycles. The molecule has 0 aliphatic heterocycles. The Hall–Kier alpha value is -2.40. The molecule has 0 fully saturated rings. The summed E-state index contributed by atoms with van der Waals surface area (Å²) in [6.07, 6.45) is 5.07. The fourth-order valence-corrected chi connectivity index (χ4v) is 1.41. The van der Waals surface area contributed by atoms with Crippen LogP contribution in [0.25, 0.3) is 0 Å². The summed E-state index contributed by atoms with van der Waals surface area (Å²) in [5.74, 6) is 5.72. The molecule has 0 spiro atoms. The fraction of sp³-hybridized carbons (Fsp3) is 0.176. The van der Waals surface area contributed by atoms with Gasteiger partial charge in [0.2, 0.25) is 0 Å². The zero-order valence-corrected chi connectivity index (χ0v) is 11.0. The lowest BCUT2D eigenvalue weighted by atomic mass is 10.0. The maximum absolute atomic E-state index is 11.9. The molecule has 0 saturated carbocycles. The van der Waals surface area contributed by atoms with E-state index in [1.807, 2.05) is 0 Å². The summed E-state index contributed by atoms with van der Waals surface area (Å²) < 4.78 is 0. The summed E-state index contributed by atoms with van der Waals surface area (Å²) in [6, 6.07) is 6.99. The summed E-state index contributed by atoms with van der Waals surface area (Å²) in [7, 11) is 0. The van der Waals surface area contributed by atoms with E-state index in [2.05, 4.69) is 18.4 Å². The third-order valence-corrected chi connectivity index (χ3v) is 2.56. The molecule has 0 aromatic heterocycles. The van der Waals surface area contributed by atoms with Crippen LogP contribution in [0.15, 0.2) is 48.6 Å². The van der Waals surface area contributed by atoms with Gasteiger partial charge >= 0.3 is 0 Å². The molecular formula is C17H16O2. The van der Waals surface area contributed by atoms with Crippen LogP contribution in [0.4, 0.5) is 0 Å². The average Bonchev–Trinajstić information content (AvgIpc) is 2.44.